The first kappa shape index (κ1) is 21.0. The molecule has 0 N–H and O–H groups in total. The summed E-state index contributed by atoms with van der Waals surface area (Å²) in [6.07, 6.45) is 0. The van der Waals surface area contributed by atoms with Crippen molar-refractivity contribution in [2.24, 2.45) is 0 Å². The Morgan fingerprint density at radius 2 is 1.08 bits per heavy atom. The molecule has 2 heteroatoms. The van der Waals surface area contributed by atoms with Crippen LogP contribution < -0.4 is 0 Å². The number of hydrogen-bond donors (Lipinski definition) is 0. The van der Waals surface area contributed by atoms with Crippen LogP contribution in [-0.4, -0.2) is 4.57 Å². The molecule has 0 bridgehead atoms. The standard InChI is InChI=1S/C36H23NO/c1-3-11-24(12-4-1)25-19-21-27(22-20-25)37-32-17-9-7-16-29(32)34-30(26-13-5-2-6-14-26)23-31-28-15-8-10-18-33(28)38-36(31)35(34)37/h1-23H. The van der Waals surface area contributed by atoms with E-state index in [4.69, 9.17) is 4.42 Å². The molecule has 0 atom stereocenters. The van der Waals surface area contributed by atoms with Crippen molar-refractivity contribution in [2.45, 2.75) is 0 Å². The van der Waals surface area contributed by atoms with Gasteiger partial charge in [0.1, 0.15) is 5.58 Å². The van der Waals surface area contributed by atoms with Gasteiger partial charge in [-0.2, -0.15) is 0 Å². The summed E-state index contributed by atoms with van der Waals surface area (Å²) in [4.78, 5) is 0. The molecule has 0 aliphatic heterocycles. The molecule has 8 rings (SSSR count). The van der Waals surface area contributed by atoms with Crippen LogP contribution in [0.25, 0.3) is 71.7 Å². The second-order valence-electron chi connectivity index (χ2n) is 9.75. The predicted molar refractivity (Wildman–Crippen MR) is 159 cm³/mol. The Bertz CT molecular complexity index is 2100. The average Bonchev–Trinajstić information content (AvgIpc) is 3.54. The highest BCUT2D eigenvalue weighted by atomic mass is 16.3. The van der Waals surface area contributed by atoms with E-state index in [9.17, 15) is 0 Å². The smallest absolute Gasteiger partial charge is 0.160 e. The Kier molecular flexibility index (Phi) is 4.55. The molecule has 2 heterocycles. The molecule has 178 valence electrons. The Labute approximate surface area is 220 Å². The summed E-state index contributed by atoms with van der Waals surface area (Å²) < 4.78 is 8.99. The van der Waals surface area contributed by atoms with E-state index >= 15 is 0 Å². The van der Waals surface area contributed by atoms with Crippen LogP contribution in [0.2, 0.25) is 0 Å². The highest BCUT2D eigenvalue weighted by Gasteiger charge is 2.22. The zero-order valence-corrected chi connectivity index (χ0v) is 20.6. The van der Waals surface area contributed by atoms with Gasteiger partial charge in [-0.15, -0.1) is 0 Å². The molecule has 0 fully saturated rings. The van der Waals surface area contributed by atoms with Gasteiger partial charge in [-0.3, -0.25) is 0 Å². The zero-order chi connectivity index (χ0) is 25.1. The summed E-state index contributed by atoms with van der Waals surface area (Å²) in [5.41, 5.74) is 10.0. The van der Waals surface area contributed by atoms with Crippen LogP contribution in [0, 0.1) is 0 Å². The highest BCUT2D eigenvalue weighted by Crippen LogP contribution is 2.45. The molecule has 0 saturated heterocycles. The second kappa shape index (κ2) is 8.22. The van der Waals surface area contributed by atoms with Crippen molar-refractivity contribution in [3.05, 3.63) is 140 Å². The molecule has 0 radical (unpaired) electrons. The third-order valence-electron chi connectivity index (χ3n) is 7.60. The van der Waals surface area contributed by atoms with Crippen LogP contribution in [0.1, 0.15) is 0 Å². The lowest BCUT2D eigenvalue weighted by Crippen LogP contribution is -1.94. The van der Waals surface area contributed by atoms with Gasteiger partial charge in [-0.25, -0.2) is 0 Å². The molecule has 0 spiro atoms. The topological polar surface area (TPSA) is 18.1 Å². The Morgan fingerprint density at radius 3 is 1.84 bits per heavy atom. The molecule has 6 aromatic carbocycles. The van der Waals surface area contributed by atoms with Crippen molar-refractivity contribution >= 4 is 43.7 Å². The maximum absolute atomic E-state index is 6.62. The number of hydrogen-bond acceptors (Lipinski definition) is 1. The van der Waals surface area contributed by atoms with Crippen LogP contribution in [0.3, 0.4) is 0 Å². The molecule has 38 heavy (non-hydrogen) atoms. The van der Waals surface area contributed by atoms with Gasteiger partial charge < -0.3 is 8.98 Å². The van der Waals surface area contributed by atoms with E-state index in [-0.39, 0.29) is 0 Å². The van der Waals surface area contributed by atoms with E-state index in [1.165, 1.54) is 38.5 Å². The van der Waals surface area contributed by atoms with Crippen LogP contribution in [0.5, 0.6) is 0 Å². The van der Waals surface area contributed by atoms with E-state index < -0.39 is 0 Å². The van der Waals surface area contributed by atoms with Crippen molar-refractivity contribution in [1.29, 1.82) is 0 Å². The quantitative estimate of drug-likeness (QED) is 0.243. The van der Waals surface area contributed by atoms with Crippen LogP contribution in [0.15, 0.2) is 144 Å². The Morgan fingerprint density at radius 1 is 0.474 bits per heavy atom. The number of aromatic nitrogens is 1. The fourth-order valence-electron chi connectivity index (χ4n) is 5.88. The molecule has 0 unspecified atom stereocenters. The predicted octanol–water partition coefficient (Wildman–Crippen LogP) is 10.0. The number of para-hydroxylation sites is 2. The molecule has 8 aromatic rings. The van der Waals surface area contributed by atoms with Gasteiger partial charge in [0, 0.05) is 27.2 Å². The minimum atomic E-state index is 0.908. The summed E-state index contributed by atoms with van der Waals surface area (Å²) in [5, 5.41) is 4.70. The summed E-state index contributed by atoms with van der Waals surface area (Å²) in [7, 11) is 0. The lowest BCUT2D eigenvalue weighted by atomic mass is 9.97. The van der Waals surface area contributed by atoms with E-state index in [1.54, 1.807) is 0 Å². The van der Waals surface area contributed by atoms with Crippen molar-refractivity contribution in [2.75, 3.05) is 0 Å². The van der Waals surface area contributed by atoms with Crippen molar-refractivity contribution in [1.82, 2.24) is 4.57 Å². The largest absolute Gasteiger partial charge is 0.454 e. The minimum absolute atomic E-state index is 0.908. The second-order valence-corrected chi connectivity index (χ2v) is 9.75. The minimum Gasteiger partial charge on any atom is -0.454 e. The van der Waals surface area contributed by atoms with Gasteiger partial charge in [0.2, 0.25) is 0 Å². The number of nitrogens with zero attached hydrogens (tertiary/aromatic N) is 1. The number of furan rings is 1. The first-order valence-corrected chi connectivity index (χ1v) is 13.0. The third kappa shape index (κ3) is 3.07. The molecular formula is C36H23NO. The van der Waals surface area contributed by atoms with Gasteiger partial charge >= 0.3 is 0 Å². The average molecular weight is 486 g/mol. The van der Waals surface area contributed by atoms with E-state index in [0.29, 0.717) is 0 Å². The molecule has 0 saturated carbocycles. The van der Waals surface area contributed by atoms with Gasteiger partial charge in [0.05, 0.1) is 11.0 Å². The first-order valence-electron chi connectivity index (χ1n) is 13.0. The molecule has 0 aliphatic carbocycles. The number of fused-ring (bicyclic) bond motifs is 7. The fraction of sp³-hybridized carbons (Fsp3) is 0. The Balaban J connectivity index is 1.52. The molecular weight excluding hydrogens is 462 g/mol. The summed E-state index contributed by atoms with van der Waals surface area (Å²) in [6, 6.07) is 49.4. The monoisotopic (exact) mass is 485 g/mol. The van der Waals surface area contributed by atoms with E-state index in [0.717, 1.165) is 33.1 Å². The summed E-state index contributed by atoms with van der Waals surface area (Å²) in [6.45, 7) is 0. The van der Waals surface area contributed by atoms with E-state index in [2.05, 4.69) is 138 Å². The van der Waals surface area contributed by atoms with Gasteiger partial charge in [-0.1, -0.05) is 109 Å². The van der Waals surface area contributed by atoms with Crippen LogP contribution in [0.4, 0.5) is 0 Å². The normalized spacial score (nSPS) is 11.7. The van der Waals surface area contributed by atoms with Crippen LogP contribution >= 0.6 is 0 Å². The fourth-order valence-corrected chi connectivity index (χ4v) is 5.88. The van der Waals surface area contributed by atoms with Crippen molar-refractivity contribution in [3.63, 3.8) is 0 Å². The maximum Gasteiger partial charge on any atom is 0.160 e. The first-order chi connectivity index (χ1) is 18.9. The van der Waals surface area contributed by atoms with Crippen LogP contribution in [-0.2, 0) is 0 Å². The lowest BCUT2D eigenvalue weighted by Gasteiger charge is -2.11. The van der Waals surface area contributed by atoms with Gasteiger partial charge in [-0.05, 0) is 52.6 Å². The van der Waals surface area contributed by atoms with Gasteiger partial charge in [0.15, 0.2) is 5.58 Å². The number of rotatable bonds is 3. The van der Waals surface area contributed by atoms with Gasteiger partial charge in [0.25, 0.3) is 0 Å². The highest BCUT2D eigenvalue weighted by molar-refractivity contribution is 6.26. The van der Waals surface area contributed by atoms with E-state index in [1.807, 2.05) is 6.07 Å². The Hall–Kier alpha value is -5.08. The lowest BCUT2D eigenvalue weighted by molar-refractivity contribution is 0.671. The maximum atomic E-state index is 6.62. The SMILES string of the molecule is c1ccc(-c2ccc(-n3c4ccccc4c4c(-c5ccccc5)cc5c6ccccc6oc5c43)cc2)cc1. The molecule has 2 nitrogen and oxygen atoms in total. The third-order valence-corrected chi connectivity index (χ3v) is 7.60. The molecule has 0 aliphatic rings. The summed E-state index contributed by atoms with van der Waals surface area (Å²) >= 11 is 0. The summed E-state index contributed by atoms with van der Waals surface area (Å²) in [5.74, 6) is 0. The van der Waals surface area contributed by atoms with Crippen molar-refractivity contribution < 1.29 is 4.42 Å². The van der Waals surface area contributed by atoms with Crippen molar-refractivity contribution in [3.8, 4) is 27.9 Å². The number of benzene rings is 6. The molecule has 2 aromatic heterocycles. The molecule has 0 amide bonds. The zero-order valence-electron chi connectivity index (χ0n) is 20.6.